The number of amides is 1. The van der Waals surface area contributed by atoms with E-state index in [1.54, 1.807) is 23.6 Å². The lowest BCUT2D eigenvalue weighted by Gasteiger charge is -2.15. The van der Waals surface area contributed by atoms with Gasteiger partial charge >= 0.3 is 0 Å². The molecule has 0 aliphatic rings. The van der Waals surface area contributed by atoms with Gasteiger partial charge in [-0.1, -0.05) is 17.7 Å². The zero-order chi connectivity index (χ0) is 18.4. The first-order valence-electron chi connectivity index (χ1n) is 7.34. The highest BCUT2D eigenvalue weighted by molar-refractivity contribution is 7.91. The first-order valence-corrected chi connectivity index (χ1v) is 10.0. The van der Waals surface area contributed by atoms with Crippen molar-refractivity contribution in [2.45, 2.75) is 17.1 Å². The van der Waals surface area contributed by atoms with Crippen molar-refractivity contribution >= 4 is 44.6 Å². The molecule has 1 aromatic heterocycles. The van der Waals surface area contributed by atoms with Gasteiger partial charge in [-0.2, -0.15) is 5.26 Å². The second kappa shape index (κ2) is 8.45. The second-order valence-corrected chi connectivity index (χ2v) is 8.84. The number of halogens is 1. The number of nitrogens with zero attached hydrogens (tertiary/aromatic N) is 2. The molecule has 0 saturated carbocycles. The van der Waals surface area contributed by atoms with E-state index in [9.17, 15) is 13.2 Å². The van der Waals surface area contributed by atoms with Gasteiger partial charge < -0.3 is 5.32 Å². The number of hydrogen-bond acceptors (Lipinski definition) is 5. The molecule has 0 radical (unpaired) electrons. The number of carbonyl (C=O) groups excluding carboxylic acids is 1. The molecule has 1 heterocycles. The van der Waals surface area contributed by atoms with Crippen LogP contribution in [0.2, 0.25) is 5.02 Å². The third-order valence-electron chi connectivity index (χ3n) is 3.41. The monoisotopic (exact) mass is 397 g/mol. The average Bonchev–Trinajstić information content (AvgIpc) is 3.10. The summed E-state index contributed by atoms with van der Waals surface area (Å²) in [5.41, 5.74) is 0.827. The van der Waals surface area contributed by atoms with Gasteiger partial charge in [0.05, 0.1) is 10.6 Å². The molecule has 9 heteroatoms. The lowest BCUT2D eigenvalue weighted by atomic mass is 10.2. The van der Waals surface area contributed by atoms with E-state index in [0.29, 0.717) is 17.7 Å². The summed E-state index contributed by atoms with van der Waals surface area (Å²) in [6.45, 7) is 0.238. The minimum Gasteiger partial charge on any atom is -0.326 e. The zero-order valence-corrected chi connectivity index (χ0v) is 15.8. The van der Waals surface area contributed by atoms with E-state index < -0.39 is 10.0 Å². The van der Waals surface area contributed by atoms with Crippen molar-refractivity contribution in [2.24, 2.45) is 0 Å². The summed E-state index contributed by atoms with van der Waals surface area (Å²) in [5.74, 6) is -0.248. The van der Waals surface area contributed by atoms with Gasteiger partial charge in [-0.25, -0.2) is 12.7 Å². The van der Waals surface area contributed by atoms with Crippen molar-refractivity contribution in [3.05, 3.63) is 46.3 Å². The molecule has 132 valence electrons. The van der Waals surface area contributed by atoms with Gasteiger partial charge in [0.25, 0.3) is 10.0 Å². The van der Waals surface area contributed by atoms with Crippen LogP contribution in [0, 0.1) is 11.3 Å². The molecule has 0 aliphatic carbocycles. The molecule has 2 aromatic rings. The maximum absolute atomic E-state index is 12.3. The fraction of sp³-hybridized carbons (Fsp3) is 0.250. The van der Waals surface area contributed by atoms with Crippen molar-refractivity contribution in [2.75, 3.05) is 18.9 Å². The molecule has 0 fully saturated rings. The Bertz CT molecular complexity index is 890. The molecule has 0 unspecified atom stereocenters. The lowest BCUT2D eigenvalue weighted by Crippen LogP contribution is -2.28. The SMILES string of the molecule is CN(CCCC(=O)Nc1ccc(C#N)c(Cl)c1)S(=O)(=O)c1cccs1. The highest BCUT2D eigenvalue weighted by atomic mass is 35.5. The molecule has 0 bridgehead atoms. The van der Waals surface area contributed by atoms with E-state index in [1.165, 1.54) is 23.5 Å². The van der Waals surface area contributed by atoms with Crippen LogP contribution in [0.5, 0.6) is 0 Å². The topological polar surface area (TPSA) is 90.3 Å². The molecule has 2 rings (SSSR count). The predicted octanol–water partition coefficient (Wildman–Crippen LogP) is 3.31. The van der Waals surface area contributed by atoms with E-state index in [1.807, 2.05) is 6.07 Å². The average molecular weight is 398 g/mol. The Morgan fingerprint density at radius 3 is 2.76 bits per heavy atom. The summed E-state index contributed by atoms with van der Waals surface area (Å²) in [5, 5.41) is 13.5. The predicted molar refractivity (Wildman–Crippen MR) is 98.2 cm³/mol. The van der Waals surface area contributed by atoms with E-state index >= 15 is 0 Å². The number of rotatable bonds is 7. The Kier molecular flexibility index (Phi) is 6.56. The molecule has 25 heavy (non-hydrogen) atoms. The minimum atomic E-state index is -3.49. The quantitative estimate of drug-likeness (QED) is 0.775. The largest absolute Gasteiger partial charge is 0.326 e. The third-order valence-corrected chi connectivity index (χ3v) is 6.95. The van der Waals surface area contributed by atoms with Crippen LogP contribution in [0.25, 0.3) is 0 Å². The number of benzene rings is 1. The summed E-state index contributed by atoms with van der Waals surface area (Å²) in [7, 11) is -2.00. The molecule has 1 aromatic carbocycles. The highest BCUT2D eigenvalue weighted by Crippen LogP contribution is 2.21. The van der Waals surface area contributed by atoms with Gasteiger partial charge in [0, 0.05) is 25.7 Å². The number of anilines is 1. The van der Waals surface area contributed by atoms with Gasteiger partial charge in [-0.15, -0.1) is 11.3 Å². The van der Waals surface area contributed by atoms with E-state index in [-0.39, 0.29) is 28.1 Å². The Morgan fingerprint density at radius 2 is 2.16 bits per heavy atom. The molecule has 0 aliphatic heterocycles. The van der Waals surface area contributed by atoms with Gasteiger partial charge in [0.1, 0.15) is 10.3 Å². The van der Waals surface area contributed by atoms with Crippen molar-refractivity contribution < 1.29 is 13.2 Å². The Morgan fingerprint density at radius 1 is 1.40 bits per heavy atom. The molecular weight excluding hydrogens is 382 g/mol. The van der Waals surface area contributed by atoms with Crippen molar-refractivity contribution in [3.8, 4) is 6.07 Å². The van der Waals surface area contributed by atoms with E-state index in [0.717, 1.165) is 11.3 Å². The molecule has 0 spiro atoms. The first kappa shape index (κ1) is 19.4. The summed E-state index contributed by atoms with van der Waals surface area (Å²) in [4.78, 5) is 12.0. The summed E-state index contributed by atoms with van der Waals surface area (Å²) in [6, 6.07) is 9.80. The van der Waals surface area contributed by atoms with Gasteiger partial charge in [0.2, 0.25) is 5.91 Å². The number of nitrogens with one attached hydrogen (secondary N) is 1. The van der Waals surface area contributed by atoms with Crippen LogP contribution >= 0.6 is 22.9 Å². The van der Waals surface area contributed by atoms with Crippen molar-refractivity contribution in [3.63, 3.8) is 0 Å². The lowest BCUT2D eigenvalue weighted by molar-refractivity contribution is -0.116. The second-order valence-electron chi connectivity index (χ2n) is 5.22. The number of carbonyl (C=O) groups is 1. The van der Waals surface area contributed by atoms with Gasteiger partial charge in [-0.05, 0) is 36.1 Å². The van der Waals surface area contributed by atoms with Crippen LogP contribution in [0.4, 0.5) is 5.69 Å². The van der Waals surface area contributed by atoms with Crippen molar-refractivity contribution in [1.29, 1.82) is 5.26 Å². The van der Waals surface area contributed by atoms with E-state index in [4.69, 9.17) is 16.9 Å². The Balaban J connectivity index is 1.84. The molecule has 0 atom stereocenters. The molecule has 1 amide bonds. The van der Waals surface area contributed by atoms with E-state index in [2.05, 4.69) is 5.32 Å². The summed E-state index contributed by atoms with van der Waals surface area (Å²) in [6.07, 6.45) is 0.554. The normalized spacial score (nSPS) is 11.3. The standard InChI is InChI=1S/C16H16ClN3O3S2/c1-20(25(22,23)16-5-3-9-24-16)8-2-4-15(21)19-13-7-6-12(11-18)14(17)10-13/h3,5-7,9-10H,2,4,8H2,1H3,(H,19,21). The van der Waals surface area contributed by atoms with Crippen LogP contribution in [0.1, 0.15) is 18.4 Å². The number of hydrogen-bond donors (Lipinski definition) is 1. The Hall–Kier alpha value is -1.92. The number of sulfonamides is 1. The zero-order valence-electron chi connectivity index (χ0n) is 13.4. The van der Waals surface area contributed by atoms with Crippen molar-refractivity contribution in [1.82, 2.24) is 4.31 Å². The maximum atomic E-state index is 12.3. The van der Waals surface area contributed by atoms with Crippen LogP contribution in [0.3, 0.4) is 0 Å². The fourth-order valence-corrected chi connectivity index (χ4v) is 4.69. The van der Waals surface area contributed by atoms with Gasteiger partial charge in [-0.3, -0.25) is 4.79 Å². The molecular formula is C16H16ClN3O3S2. The number of thiophene rings is 1. The minimum absolute atomic E-state index is 0.169. The van der Waals surface area contributed by atoms with Crippen LogP contribution < -0.4 is 5.32 Å². The third kappa shape index (κ3) is 5.03. The highest BCUT2D eigenvalue weighted by Gasteiger charge is 2.21. The maximum Gasteiger partial charge on any atom is 0.252 e. The summed E-state index contributed by atoms with van der Waals surface area (Å²) >= 11 is 7.07. The molecule has 0 saturated heterocycles. The summed E-state index contributed by atoms with van der Waals surface area (Å²) < 4.78 is 26.0. The smallest absolute Gasteiger partial charge is 0.252 e. The molecule has 6 nitrogen and oxygen atoms in total. The number of nitriles is 1. The van der Waals surface area contributed by atoms with Crippen LogP contribution in [0.15, 0.2) is 39.9 Å². The molecule has 1 N–H and O–H groups in total. The van der Waals surface area contributed by atoms with Crippen LogP contribution in [-0.4, -0.2) is 32.2 Å². The first-order chi connectivity index (χ1) is 11.8. The Labute approximate surface area is 155 Å². The fourth-order valence-electron chi connectivity index (χ4n) is 2.05. The van der Waals surface area contributed by atoms with Crippen LogP contribution in [-0.2, 0) is 14.8 Å². The van der Waals surface area contributed by atoms with Gasteiger partial charge in [0.15, 0.2) is 0 Å².